The summed E-state index contributed by atoms with van der Waals surface area (Å²) in [6.45, 7) is 1.16. The molecule has 1 aliphatic heterocycles. The Morgan fingerprint density at radius 1 is 1.00 bits per heavy atom. The molecular formula is C27H19F2N3O8S. The first-order valence-electron chi connectivity index (χ1n) is 11.9. The van der Waals surface area contributed by atoms with Gasteiger partial charge in [0.05, 0.1) is 38.6 Å². The van der Waals surface area contributed by atoms with Crippen molar-refractivity contribution in [3.63, 3.8) is 0 Å². The molecule has 0 N–H and O–H groups in total. The molecule has 4 aromatic rings. The smallest absolute Gasteiger partial charge is 0.285 e. The number of aryl methyl sites for hydroxylation is 1. The number of halogens is 2. The molecule has 5 rings (SSSR count). The Bertz CT molecular complexity index is 1840. The van der Waals surface area contributed by atoms with Crippen molar-refractivity contribution in [2.45, 2.75) is 18.4 Å². The summed E-state index contributed by atoms with van der Waals surface area (Å²) in [4.78, 5) is 21.8. The molecule has 3 aromatic carbocycles. The summed E-state index contributed by atoms with van der Waals surface area (Å²) in [6.07, 6.45) is 1.38. The number of furan rings is 1. The van der Waals surface area contributed by atoms with Gasteiger partial charge >= 0.3 is 0 Å². The van der Waals surface area contributed by atoms with Crippen LogP contribution in [0.4, 0.5) is 25.8 Å². The zero-order valence-corrected chi connectivity index (χ0v) is 21.9. The SMILES string of the molecule is Cc1ccc(S(=O)(=O)N2CC(=Cc3ccc(COc4ccc(F)cc4F)o3)c3c2cc([N+](=O)[O-])cc3[N+](=O)[O-])cc1. The van der Waals surface area contributed by atoms with Crippen LogP contribution in [-0.4, -0.2) is 24.8 Å². The average molecular weight is 584 g/mol. The van der Waals surface area contributed by atoms with Crippen LogP contribution in [0.15, 0.2) is 76.0 Å². The van der Waals surface area contributed by atoms with Gasteiger partial charge in [-0.3, -0.25) is 24.5 Å². The summed E-state index contributed by atoms with van der Waals surface area (Å²) in [7, 11) is -4.29. The van der Waals surface area contributed by atoms with Gasteiger partial charge in [0.1, 0.15) is 23.9 Å². The lowest BCUT2D eigenvalue weighted by atomic mass is 10.0. The highest BCUT2D eigenvalue weighted by Crippen LogP contribution is 2.47. The number of nitro groups is 2. The van der Waals surface area contributed by atoms with Crippen molar-refractivity contribution < 1.29 is 36.2 Å². The average Bonchev–Trinajstić information content (AvgIpc) is 3.52. The number of ether oxygens (including phenoxy) is 1. The first kappa shape index (κ1) is 27.5. The molecule has 14 heteroatoms. The van der Waals surface area contributed by atoms with E-state index in [1.807, 2.05) is 0 Å². The van der Waals surface area contributed by atoms with Gasteiger partial charge in [0.25, 0.3) is 21.4 Å². The van der Waals surface area contributed by atoms with E-state index in [-0.39, 0.29) is 52.1 Å². The number of nitro benzene ring substituents is 2. The van der Waals surface area contributed by atoms with Crippen molar-refractivity contribution in [1.29, 1.82) is 0 Å². The first-order valence-corrected chi connectivity index (χ1v) is 13.3. The van der Waals surface area contributed by atoms with Crippen LogP contribution in [0.3, 0.4) is 0 Å². The number of fused-ring (bicyclic) bond motifs is 1. The Hall–Kier alpha value is -5.11. The molecule has 1 aromatic heterocycles. The summed E-state index contributed by atoms with van der Waals surface area (Å²) in [5.41, 5.74) is -0.671. The van der Waals surface area contributed by atoms with Gasteiger partial charge < -0.3 is 9.15 Å². The second-order valence-corrected chi connectivity index (χ2v) is 10.9. The van der Waals surface area contributed by atoms with Crippen LogP contribution in [0.25, 0.3) is 11.6 Å². The second-order valence-electron chi connectivity index (χ2n) is 9.04. The van der Waals surface area contributed by atoms with Gasteiger partial charge in [-0.05, 0) is 55.0 Å². The maximum atomic E-state index is 13.9. The summed E-state index contributed by atoms with van der Waals surface area (Å²) in [6, 6.07) is 13.5. The number of sulfonamides is 1. The number of benzene rings is 3. The number of rotatable bonds is 8. The molecule has 1 aliphatic rings. The van der Waals surface area contributed by atoms with E-state index < -0.39 is 42.9 Å². The van der Waals surface area contributed by atoms with Crippen molar-refractivity contribution in [1.82, 2.24) is 0 Å². The van der Waals surface area contributed by atoms with E-state index >= 15 is 0 Å². The fourth-order valence-corrected chi connectivity index (χ4v) is 5.77. The largest absolute Gasteiger partial charge is 0.483 e. The number of hydrogen-bond acceptors (Lipinski definition) is 8. The monoisotopic (exact) mass is 583 g/mol. The minimum atomic E-state index is -4.29. The molecule has 0 saturated heterocycles. The fraction of sp³-hybridized carbons (Fsp3) is 0.111. The molecule has 0 amide bonds. The molecular weight excluding hydrogens is 564 g/mol. The summed E-state index contributed by atoms with van der Waals surface area (Å²) in [5.74, 6) is -1.50. The van der Waals surface area contributed by atoms with Gasteiger partial charge in [0.15, 0.2) is 11.6 Å². The molecule has 210 valence electrons. The Morgan fingerprint density at radius 2 is 1.73 bits per heavy atom. The number of anilines is 1. The maximum Gasteiger partial charge on any atom is 0.285 e. The van der Waals surface area contributed by atoms with Crippen molar-refractivity contribution in [3.8, 4) is 5.75 Å². The topological polar surface area (TPSA) is 146 Å². The minimum absolute atomic E-state index is 0.102. The molecule has 0 saturated carbocycles. The fourth-order valence-electron chi connectivity index (χ4n) is 4.32. The molecule has 0 spiro atoms. The number of non-ortho nitro benzene ring substituents is 1. The van der Waals surface area contributed by atoms with Gasteiger partial charge in [-0.1, -0.05) is 17.7 Å². The van der Waals surface area contributed by atoms with Crippen LogP contribution in [-0.2, 0) is 16.6 Å². The standard InChI is InChI=1S/C27H19F2N3O8S/c1-16-2-7-22(8-3-16)41(37,38)30-14-17(27-24(30)12-19(31(33)34)13-25(27)32(35)36)10-20-5-6-21(40-20)15-39-26-9-4-18(28)11-23(26)29/h2-13H,14-15H2,1H3. The van der Waals surface area contributed by atoms with Crippen molar-refractivity contribution in [2.24, 2.45) is 0 Å². The van der Waals surface area contributed by atoms with E-state index in [0.29, 0.717) is 6.07 Å². The Balaban J connectivity index is 1.54. The normalized spacial score (nSPS) is 13.8. The van der Waals surface area contributed by atoms with Crippen LogP contribution in [0, 0.1) is 38.8 Å². The van der Waals surface area contributed by atoms with Gasteiger partial charge in [-0.25, -0.2) is 17.2 Å². The second kappa shape index (κ2) is 10.5. The third-order valence-electron chi connectivity index (χ3n) is 6.26. The summed E-state index contributed by atoms with van der Waals surface area (Å²) in [5, 5.41) is 23.5. The highest BCUT2D eigenvalue weighted by atomic mass is 32.2. The Labute approximate surface area is 231 Å². The molecule has 0 atom stereocenters. The molecule has 0 fully saturated rings. The van der Waals surface area contributed by atoms with E-state index in [0.717, 1.165) is 34.1 Å². The van der Waals surface area contributed by atoms with Crippen molar-refractivity contribution in [2.75, 3.05) is 10.8 Å². The van der Waals surface area contributed by atoms with Gasteiger partial charge in [-0.2, -0.15) is 0 Å². The predicted octanol–water partition coefficient (Wildman–Crippen LogP) is 6.01. The number of hydrogen-bond donors (Lipinski definition) is 0. The third-order valence-corrected chi connectivity index (χ3v) is 8.04. The molecule has 0 aliphatic carbocycles. The van der Waals surface area contributed by atoms with Crippen LogP contribution >= 0.6 is 0 Å². The lowest BCUT2D eigenvalue weighted by Gasteiger charge is -2.19. The van der Waals surface area contributed by atoms with Crippen molar-refractivity contribution in [3.05, 3.63) is 121 Å². The van der Waals surface area contributed by atoms with Crippen LogP contribution in [0.5, 0.6) is 5.75 Å². The van der Waals surface area contributed by atoms with Crippen LogP contribution in [0.1, 0.15) is 22.6 Å². The van der Waals surface area contributed by atoms with Crippen molar-refractivity contribution >= 4 is 38.7 Å². The molecule has 41 heavy (non-hydrogen) atoms. The van der Waals surface area contributed by atoms with Gasteiger partial charge in [0, 0.05) is 12.1 Å². The Morgan fingerprint density at radius 3 is 2.39 bits per heavy atom. The predicted molar refractivity (Wildman–Crippen MR) is 143 cm³/mol. The molecule has 0 bridgehead atoms. The van der Waals surface area contributed by atoms with Gasteiger partial charge in [0.2, 0.25) is 0 Å². The van der Waals surface area contributed by atoms with Crippen LogP contribution < -0.4 is 9.04 Å². The van der Waals surface area contributed by atoms with E-state index in [1.54, 1.807) is 19.1 Å². The molecule has 2 heterocycles. The first-order chi connectivity index (χ1) is 19.4. The summed E-state index contributed by atoms with van der Waals surface area (Å²) < 4.78 is 66.1. The highest BCUT2D eigenvalue weighted by Gasteiger charge is 2.40. The quantitative estimate of drug-likeness (QED) is 0.181. The van der Waals surface area contributed by atoms with E-state index in [2.05, 4.69) is 0 Å². The minimum Gasteiger partial charge on any atom is -0.483 e. The lowest BCUT2D eigenvalue weighted by Crippen LogP contribution is -2.29. The zero-order chi connectivity index (χ0) is 29.5. The molecule has 0 radical (unpaired) electrons. The molecule has 0 unspecified atom stereocenters. The third kappa shape index (κ3) is 5.36. The van der Waals surface area contributed by atoms with E-state index in [9.17, 15) is 37.4 Å². The number of nitrogens with zero attached hydrogens (tertiary/aromatic N) is 3. The van der Waals surface area contributed by atoms with Crippen LogP contribution in [0.2, 0.25) is 0 Å². The highest BCUT2D eigenvalue weighted by molar-refractivity contribution is 7.92. The lowest BCUT2D eigenvalue weighted by molar-refractivity contribution is -0.394. The van der Waals surface area contributed by atoms with E-state index in [1.165, 1.54) is 30.3 Å². The Kier molecular flexibility index (Phi) is 7.01. The zero-order valence-electron chi connectivity index (χ0n) is 21.1. The maximum absolute atomic E-state index is 13.9. The summed E-state index contributed by atoms with van der Waals surface area (Å²) >= 11 is 0. The van der Waals surface area contributed by atoms with Gasteiger partial charge in [-0.15, -0.1) is 0 Å². The molecule has 11 nitrogen and oxygen atoms in total. The van der Waals surface area contributed by atoms with E-state index in [4.69, 9.17) is 9.15 Å².